The summed E-state index contributed by atoms with van der Waals surface area (Å²) in [5.41, 5.74) is 1.39. The largest absolute Gasteiger partial charge is 0.493 e. The van der Waals surface area contributed by atoms with E-state index in [0.717, 1.165) is 5.56 Å². The number of fused-ring (bicyclic) bond motifs is 1. The predicted octanol–water partition coefficient (Wildman–Crippen LogP) is -2.13. The number of ether oxygens (including phenoxy) is 7. The van der Waals surface area contributed by atoms with Gasteiger partial charge in [-0.15, -0.1) is 0 Å². The van der Waals surface area contributed by atoms with Crippen molar-refractivity contribution in [3.05, 3.63) is 41.5 Å². The van der Waals surface area contributed by atoms with Gasteiger partial charge in [-0.3, -0.25) is 0 Å². The number of hydrogen-bond donors (Lipinski definition) is 8. The molecule has 8 N–H and O–H groups in total. The molecule has 0 spiro atoms. The van der Waals surface area contributed by atoms with Crippen LogP contribution in [-0.4, -0.2) is 136 Å². The third-order valence-corrected chi connectivity index (χ3v) is 8.06. The molecule has 3 aliphatic heterocycles. The third kappa shape index (κ3) is 6.33. The van der Waals surface area contributed by atoms with E-state index in [-0.39, 0.29) is 35.5 Å². The molecular weight excluding hydrogens is 604 g/mol. The summed E-state index contributed by atoms with van der Waals surface area (Å²) >= 11 is 0. The zero-order valence-electron chi connectivity index (χ0n) is 24.2. The Balaban J connectivity index is 1.35. The minimum atomic E-state index is -1.89. The molecule has 248 valence electrons. The van der Waals surface area contributed by atoms with E-state index in [9.17, 15) is 45.6 Å². The molecule has 2 aromatic rings. The predicted molar refractivity (Wildman–Crippen MR) is 147 cm³/mol. The lowest BCUT2D eigenvalue weighted by Gasteiger charge is -2.39. The fourth-order valence-corrected chi connectivity index (χ4v) is 5.55. The molecule has 3 heterocycles. The molecule has 2 aromatic carbocycles. The molecule has 0 amide bonds. The minimum Gasteiger partial charge on any atom is -0.493 e. The van der Waals surface area contributed by atoms with Crippen LogP contribution in [0.25, 0.3) is 0 Å². The van der Waals surface area contributed by atoms with Crippen molar-refractivity contribution in [2.24, 2.45) is 0 Å². The average Bonchev–Trinajstić information content (AvgIpc) is 3.04. The fraction of sp³-hybridized carbons (Fsp3) is 0.552. The van der Waals surface area contributed by atoms with Gasteiger partial charge in [0, 0.05) is 17.5 Å². The lowest BCUT2D eigenvalue weighted by molar-refractivity contribution is -0.277. The number of aliphatic hydroxyl groups is 7. The van der Waals surface area contributed by atoms with Crippen molar-refractivity contribution >= 4 is 5.97 Å². The highest BCUT2D eigenvalue weighted by Crippen LogP contribution is 2.46. The van der Waals surface area contributed by atoms with Crippen molar-refractivity contribution in [1.29, 1.82) is 0 Å². The molecule has 45 heavy (non-hydrogen) atoms. The van der Waals surface area contributed by atoms with E-state index in [1.807, 2.05) is 0 Å². The topological polar surface area (TPSA) is 244 Å². The lowest BCUT2D eigenvalue weighted by Crippen LogP contribution is -2.61. The number of rotatable bonds is 9. The highest BCUT2D eigenvalue weighted by molar-refractivity contribution is 5.73. The van der Waals surface area contributed by atoms with Crippen LogP contribution < -0.4 is 23.7 Å². The first-order chi connectivity index (χ1) is 21.5. The molecule has 0 aromatic heterocycles. The standard InChI is InChI=1S/C29H36O16/c1-39-15-6-5-14(24(40-2)25(15)44-29-23(36)20(33)21(34)26(45-29)27(37)38)12-7-11-3-4-13(8-16(11)41-10-12)42-28-22(35)19(32)18(31)17(9-30)43-28/h3-6,8,12,17-23,26,28-36H,7,9-10H2,1-2H3,(H,37,38). The van der Waals surface area contributed by atoms with Gasteiger partial charge < -0.3 is 74.0 Å². The molecular formula is C29H36O16. The summed E-state index contributed by atoms with van der Waals surface area (Å²) < 4.78 is 39.3. The average molecular weight is 641 g/mol. The molecule has 16 heteroatoms. The van der Waals surface area contributed by atoms with Crippen LogP contribution in [0.1, 0.15) is 17.0 Å². The third-order valence-electron chi connectivity index (χ3n) is 8.06. The normalized spacial score (nSPS) is 34.6. The second-order valence-corrected chi connectivity index (χ2v) is 10.9. The maximum absolute atomic E-state index is 11.6. The second kappa shape index (κ2) is 13.5. The van der Waals surface area contributed by atoms with Gasteiger partial charge in [-0.1, -0.05) is 12.1 Å². The summed E-state index contributed by atoms with van der Waals surface area (Å²) in [6, 6.07) is 8.23. The van der Waals surface area contributed by atoms with Crippen molar-refractivity contribution in [3.63, 3.8) is 0 Å². The monoisotopic (exact) mass is 640 g/mol. The second-order valence-electron chi connectivity index (χ2n) is 10.9. The van der Waals surface area contributed by atoms with E-state index in [4.69, 9.17) is 33.2 Å². The summed E-state index contributed by atoms with van der Waals surface area (Å²) in [5, 5.41) is 79.9. The van der Waals surface area contributed by atoms with E-state index in [1.165, 1.54) is 14.2 Å². The SMILES string of the molecule is COc1ccc(C2COc3cc(OC4OC(CO)C(O)C(O)C4O)ccc3C2)c(OC)c1OC1OC(C(=O)O)C(O)C(O)C1O. The number of carbonyl (C=O) groups is 1. The van der Waals surface area contributed by atoms with Crippen LogP contribution in [0.2, 0.25) is 0 Å². The van der Waals surface area contributed by atoms with Crippen LogP contribution in [-0.2, 0) is 20.7 Å². The molecule has 5 rings (SSSR count). The summed E-state index contributed by atoms with van der Waals surface area (Å²) in [7, 11) is 2.74. The lowest BCUT2D eigenvalue weighted by atomic mass is 9.89. The Bertz CT molecular complexity index is 1350. The number of carboxylic acids is 1. The summed E-state index contributed by atoms with van der Waals surface area (Å²) in [6.07, 6.45) is -15.9. The Kier molecular flexibility index (Phi) is 9.88. The zero-order valence-corrected chi connectivity index (χ0v) is 24.2. The molecule has 11 unspecified atom stereocenters. The van der Waals surface area contributed by atoms with E-state index >= 15 is 0 Å². The maximum atomic E-state index is 11.6. The minimum absolute atomic E-state index is 0.0386. The van der Waals surface area contributed by atoms with Crippen molar-refractivity contribution in [2.45, 2.75) is 73.8 Å². The molecule has 16 nitrogen and oxygen atoms in total. The first-order valence-electron chi connectivity index (χ1n) is 14.1. The Labute approximate surface area is 256 Å². The Morgan fingerprint density at radius 2 is 1.51 bits per heavy atom. The number of methoxy groups -OCH3 is 2. The summed E-state index contributed by atoms with van der Waals surface area (Å²) in [4.78, 5) is 11.6. The van der Waals surface area contributed by atoms with Gasteiger partial charge in [-0.05, 0) is 24.1 Å². The van der Waals surface area contributed by atoms with Gasteiger partial charge in [0.15, 0.2) is 17.6 Å². The van der Waals surface area contributed by atoms with E-state index in [1.54, 1.807) is 30.3 Å². The molecule has 2 fully saturated rings. The Morgan fingerprint density at radius 3 is 2.16 bits per heavy atom. The first-order valence-corrected chi connectivity index (χ1v) is 14.1. The van der Waals surface area contributed by atoms with E-state index < -0.39 is 74.0 Å². The van der Waals surface area contributed by atoms with E-state index in [0.29, 0.717) is 17.7 Å². The van der Waals surface area contributed by atoms with Gasteiger partial charge >= 0.3 is 5.97 Å². The number of aliphatic hydroxyl groups excluding tert-OH is 7. The quantitative estimate of drug-likeness (QED) is 0.146. The zero-order chi connectivity index (χ0) is 32.6. The van der Waals surface area contributed by atoms with Gasteiger partial charge in [0.25, 0.3) is 0 Å². The molecule has 0 radical (unpaired) electrons. The number of benzene rings is 2. The van der Waals surface area contributed by atoms with Crippen LogP contribution >= 0.6 is 0 Å². The van der Waals surface area contributed by atoms with Crippen molar-refractivity contribution < 1.29 is 78.8 Å². The van der Waals surface area contributed by atoms with Crippen molar-refractivity contribution in [3.8, 4) is 28.7 Å². The molecule has 3 aliphatic rings. The van der Waals surface area contributed by atoms with Crippen molar-refractivity contribution in [2.75, 3.05) is 27.4 Å². The van der Waals surface area contributed by atoms with Crippen LogP contribution in [0.4, 0.5) is 0 Å². The smallest absolute Gasteiger partial charge is 0.335 e. The molecule has 2 saturated heterocycles. The number of hydrogen-bond acceptors (Lipinski definition) is 15. The van der Waals surface area contributed by atoms with Crippen molar-refractivity contribution in [1.82, 2.24) is 0 Å². The van der Waals surface area contributed by atoms with Gasteiger partial charge in [0.1, 0.15) is 54.2 Å². The maximum Gasteiger partial charge on any atom is 0.335 e. The highest BCUT2D eigenvalue weighted by Gasteiger charge is 2.49. The van der Waals surface area contributed by atoms with Gasteiger partial charge in [0.2, 0.25) is 18.3 Å². The van der Waals surface area contributed by atoms with Gasteiger partial charge in [-0.2, -0.15) is 0 Å². The number of carboxylic acid groups (broad SMARTS) is 1. The Morgan fingerprint density at radius 1 is 0.822 bits per heavy atom. The molecule has 0 bridgehead atoms. The summed E-state index contributed by atoms with van der Waals surface area (Å²) in [5.74, 6) is -0.842. The highest BCUT2D eigenvalue weighted by atomic mass is 16.7. The molecule has 0 aliphatic carbocycles. The van der Waals surface area contributed by atoms with Crippen LogP contribution in [0.5, 0.6) is 28.7 Å². The number of aliphatic carboxylic acids is 1. The fourth-order valence-electron chi connectivity index (χ4n) is 5.55. The summed E-state index contributed by atoms with van der Waals surface area (Å²) in [6.45, 7) is -0.434. The Hall–Kier alpha value is -3.45. The molecule has 0 saturated carbocycles. The van der Waals surface area contributed by atoms with Crippen LogP contribution in [0, 0.1) is 0 Å². The van der Waals surface area contributed by atoms with Gasteiger partial charge in [0.05, 0.1) is 27.4 Å². The van der Waals surface area contributed by atoms with Crippen LogP contribution in [0.15, 0.2) is 30.3 Å². The first kappa shape index (κ1) is 32.9. The van der Waals surface area contributed by atoms with Crippen LogP contribution in [0.3, 0.4) is 0 Å². The molecule has 11 atom stereocenters. The van der Waals surface area contributed by atoms with Gasteiger partial charge in [-0.25, -0.2) is 4.79 Å². The van der Waals surface area contributed by atoms with E-state index in [2.05, 4.69) is 0 Å².